The van der Waals surface area contributed by atoms with Gasteiger partial charge in [-0.05, 0) is 5.92 Å². The zero-order valence-corrected chi connectivity index (χ0v) is 8.76. The van der Waals surface area contributed by atoms with Crippen molar-refractivity contribution in [2.45, 2.75) is 46.1 Å². The third-order valence-corrected chi connectivity index (χ3v) is 2.08. The molecule has 0 saturated carbocycles. The number of aromatic amines is 1. The quantitative estimate of drug-likeness (QED) is 0.752. The zero-order chi connectivity index (χ0) is 10.0. The van der Waals surface area contributed by atoms with Gasteiger partial charge in [-0.3, -0.25) is 0 Å². The summed E-state index contributed by atoms with van der Waals surface area (Å²) in [7, 11) is 0. The lowest BCUT2D eigenvalue weighted by Crippen LogP contribution is -1.94. The summed E-state index contributed by atoms with van der Waals surface area (Å²) in [6.07, 6.45) is 0. The highest BCUT2D eigenvalue weighted by Crippen LogP contribution is 2.20. The molecule has 3 nitrogen and oxygen atoms in total. The second kappa shape index (κ2) is 3.92. The maximum atomic E-state index is 9.09. The largest absolute Gasteiger partial charge is 0.390 e. The molecular weight excluding hydrogens is 164 g/mol. The average molecular weight is 182 g/mol. The molecule has 0 spiro atoms. The summed E-state index contributed by atoms with van der Waals surface area (Å²) < 4.78 is 0. The monoisotopic (exact) mass is 182 g/mol. The smallest absolute Gasteiger partial charge is 0.109 e. The molecule has 0 saturated heterocycles. The summed E-state index contributed by atoms with van der Waals surface area (Å²) in [5.41, 5.74) is 1.85. The number of nitrogens with zero attached hydrogens (tertiary/aromatic N) is 1. The molecule has 1 aromatic rings. The molecule has 3 heteroatoms. The van der Waals surface area contributed by atoms with Crippen LogP contribution in [0, 0.1) is 0 Å². The predicted molar refractivity (Wildman–Crippen MR) is 52.7 cm³/mol. The fraction of sp³-hybridized carbons (Fsp3) is 0.700. The Balaban J connectivity index is 3.04. The minimum atomic E-state index is 0.0488. The van der Waals surface area contributed by atoms with Gasteiger partial charge in [-0.15, -0.1) is 0 Å². The second-order valence-electron chi connectivity index (χ2n) is 3.95. The lowest BCUT2D eigenvalue weighted by Gasteiger charge is -2.01. The van der Waals surface area contributed by atoms with Crippen LogP contribution in [0.2, 0.25) is 0 Å². The van der Waals surface area contributed by atoms with Gasteiger partial charge in [-0.1, -0.05) is 27.7 Å². The maximum Gasteiger partial charge on any atom is 0.109 e. The normalized spacial score (nSPS) is 11.6. The van der Waals surface area contributed by atoms with Gasteiger partial charge in [0.15, 0.2) is 0 Å². The van der Waals surface area contributed by atoms with Crippen LogP contribution in [-0.2, 0) is 6.61 Å². The molecule has 0 amide bonds. The summed E-state index contributed by atoms with van der Waals surface area (Å²) in [4.78, 5) is 7.62. The van der Waals surface area contributed by atoms with Crippen LogP contribution in [-0.4, -0.2) is 15.1 Å². The molecule has 0 aliphatic rings. The first-order valence-corrected chi connectivity index (χ1v) is 4.75. The van der Waals surface area contributed by atoms with Crippen molar-refractivity contribution in [2.75, 3.05) is 0 Å². The van der Waals surface area contributed by atoms with Crippen LogP contribution in [0.25, 0.3) is 0 Å². The van der Waals surface area contributed by atoms with E-state index in [0.717, 1.165) is 17.2 Å². The van der Waals surface area contributed by atoms with Crippen LogP contribution in [0.15, 0.2) is 0 Å². The zero-order valence-electron chi connectivity index (χ0n) is 8.76. The first kappa shape index (κ1) is 10.3. The third-order valence-electron chi connectivity index (χ3n) is 2.08. The summed E-state index contributed by atoms with van der Waals surface area (Å²) in [5, 5.41) is 9.09. The van der Waals surface area contributed by atoms with Crippen molar-refractivity contribution >= 4 is 0 Å². The summed E-state index contributed by atoms with van der Waals surface area (Å²) in [6.45, 7) is 8.39. The minimum absolute atomic E-state index is 0.0488. The Bertz CT molecular complexity index is 276. The molecule has 0 atom stereocenters. The SMILES string of the molecule is CC(C)c1nc(C(C)C)c(CO)[nH]1. The molecule has 0 aliphatic carbocycles. The van der Waals surface area contributed by atoms with Crippen molar-refractivity contribution in [2.24, 2.45) is 0 Å². The number of hydrogen-bond acceptors (Lipinski definition) is 2. The van der Waals surface area contributed by atoms with Crippen molar-refractivity contribution in [1.29, 1.82) is 0 Å². The molecule has 1 rings (SSSR count). The van der Waals surface area contributed by atoms with E-state index in [1.165, 1.54) is 0 Å². The Morgan fingerprint density at radius 2 is 1.85 bits per heavy atom. The van der Waals surface area contributed by atoms with Crippen molar-refractivity contribution in [1.82, 2.24) is 9.97 Å². The molecule has 74 valence electrons. The van der Waals surface area contributed by atoms with E-state index < -0.39 is 0 Å². The standard InChI is InChI=1S/C10H18N2O/c1-6(2)9-8(5-13)11-10(12-9)7(3)4/h6-7,13H,5H2,1-4H3,(H,11,12). The maximum absolute atomic E-state index is 9.09. The van der Waals surface area contributed by atoms with Crippen molar-refractivity contribution < 1.29 is 5.11 Å². The topological polar surface area (TPSA) is 48.9 Å². The fourth-order valence-corrected chi connectivity index (χ4v) is 1.32. The van der Waals surface area contributed by atoms with Crippen LogP contribution in [0.3, 0.4) is 0 Å². The second-order valence-corrected chi connectivity index (χ2v) is 3.95. The van der Waals surface area contributed by atoms with Gasteiger partial charge < -0.3 is 10.1 Å². The lowest BCUT2D eigenvalue weighted by molar-refractivity contribution is 0.275. The molecule has 0 aromatic carbocycles. The van der Waals surface area contributed by atoms with Gasteiger partial charge in [-0.25, -0.2) is 4.98 Å². The summed E-state index contributed by atoms with van der Waals surface area (Å²) >= 11 is 0. The Morgan fingerprint density at radius 1 is 1.23 bits per heavy atom. The average Bonchev–Trinajstić information content (AvgIpc) is 2.47. The minimum Gasteiger partial charge on any atom is -0.390 e. The molecule has 0 unspecified atom stereocenters. The highest BCUT2D eigenvalue weighted by Gasteiger charge is 2.13. The molecule has 1 aromatic heterocycles. The lowest BCUT2D eigenvalue weighted by atomic mass is 10.1. The van der Waals surface area contributed by atoms with Gasteiger partial charge in [0.05, 0.1) is 18.0 Å². The van der Waals surface area contributed by atoms with Gasteiger partial charge in [0.1, 0.15) is 5.82 Å². The van der Waals surface area contributed by atoms with Gasteiger partial charge >= 0.3 is 0 Å². The number of aromatic nitrogens is 2. The van der Waals surface area contributed by atoms with E-state index in [9.17, 15) is 0 Å². The molecule has 1 heterocycles. The fourth-order valence-electron chi connectivity index (χ4n) is 1.32. The Morgan fingerprint density at radius 3 is 2.15 bits per heavy atom. The number of aliphatic hydroxyl groups is 1. The Labute approximate surface area is 79.2 Å². The van der Waals surface area contributed by atoms with E-state index in [2.05, 4.69) is 37.7 Å². The first-order chi connectivity index (χ1) is 6.06. The van der Waals surface area contributed by atoms with Crippen LogP contribution in [0.5, 0.6) is 0 Å². The number of nitrogens with one attached hydrogen (secondary N) is 1. The number of rotatable bonds is 3. The van der Waals surface area contributed by atoms with Crippen LogP contribution in [0.4, 0.5) is 0 Å². The van der Waals surface area contributed by atoms with Crippen molar-refractivity contribution in [3.05, 3.63) is 17.2 Å². The first-order valence-electron chi connectivity index (χ1n) is 4.75. The summed E-state index contributed by atoms with van der Waals surface area (Å²) in [5.74, 6) is 1.72. The van der Waals surface area contributed by atoms with Gasteiger partial charge in [0.2, 0.25) is 0 Å². The molecule has 0 fully saturated rings. The van der Waals surface area contributed by atoms with E-state index in [1.807, 2.05) is 0 Å². The van der Waals surface area contributed by atoms with Crippen molar-refractivity contribution in [3.63, 3.8) is 0 Å². The highest BCUT2D eigenvalue weighted by molar-refractivity contribution is 5.18. The van der Waals surface area contributed by atoms with Gasteiger partial charge in [-0.2, -0.15) is 0 Å². The predicted octanol–water partition coefficient (Wildman–Crippen LogP) is 2.15. The number of hydrogen-bond donors (Lipinski definition) is 2. The number of imidazole rings is 1. The van der Waals surface area contributed by atoms with Crippen molar-refractivity contribution in [3.8, 4) is 0 Å². The van der Waals surface area contributed by atoms with Gasteiger partial charge in [0, 0.05) is 5.92 Å². The van der Waals surface area contributed by atoms with Crippen LogP contribution in [0.1, 0.15) is 56.7 Å². The number of H-pyrrole nitrogens is 1. The Hall–Kier alpha value is -0.830. The van der Waals surface area contributed by atoms with Gasteiger partial charge in [0.25, 0.3) is 0 Å². The van der Waals surface area contributed by atoms with E-state index in [4.69, 9.17) is 5.11 Å². The van der Waals surface area contributed by atoms with E-state index in [1.54, 1.807) is 0 Å². The summed E-state index contributed by atoms with van der Waals surface area (Å²) in [6, 6.07) is 0. The van der Waals surface area contributed by atoms with Crippen LogP contribution >= 0.6 is 0 Å². The van der Waals surface area contributed by atoms with E-state index >= 15 is 0 Å². The van der Waals surface area contributed by atoms with Crippen LogP contribution < -0.4 is 0 Å². The Kier molecular flexibility index (Phi) is 3.09. The molecule has 0 aliphatic heterocycles. The molecular formula is C10H18N2O. The molecule has 2 N–H and O–H groups in total. The third kappa shape index (κ3) is 2.10. The molecule has 0 radical (unpaired) electrons. The molecule has 13 heavy (non-hydrogen) atoms. The van der Waals surface area contributed by atoms with E-state index in [-0.39, 0.29) is 6.61 Å². The van der Waals surface area contributed by atoms with E-state index in [0.29, 0.717) is 11.8 Å². The highest BCUT2D eigenvalue weighted by atomic mass is 16.3. The number of aliphatic hydroxyl groups excluding tert-OH is 1. The molecule has 0 bridgehead atoms.